The summed E-state index contributed by atoms with van der Waals surface area (Å²) < 4.78 is 11.8. The molecule has 1 aromatic heterocycles. The van der Waals surface area contributed by atoms with Crippen LogP contribution in [0.3, 0.4) is 0 Å². The Bertz CT molecular complexity index is 754. The van der Waals surface area contributed by atoms with Crippen molar-refractivity contribution in [3.8, 4) is 11.6 Å². The average Bonchev–Trinajstić information content (AvgIpc) is 3.11. The number of methoxy groups -OCH3 is 1. The van der Waals surface area contributed by atoms with E-state index in [9.17, 15) is 4.79 Å². The van der Waals surface area contributed by atoms with Crippen molar-refractivity contribution in [3.63, 3.8) is 0 Å². The molecule has 1 aromatic carbocycles. The maximum Gasteiger partial charge on any atom is 0.256 e. The molecule has 1 saturated heterocycles. The first-order chi connectivity index (χ1) is 12.1. The van der Waals surface area contributed by atoms with Crippen molar-refractivity contribution in [2.24, 2.45) is 0 Å². The van der Waals surface area contributed by atoms with Crippen LogP contribution < -0.4 is 9.47 Å². The lowest BCUT2D eigenvalue weighted by molar-refractivity contribution is 0.0759. The van der Waals surface area contributed by atoms with Crippen molar-refractivity contribution in [2.75, 3.05) is 26.0 Å². The summed E-state index contributed by atoms with van der Waals surface area (Å²) in [4.78, 5) is 19.0. The Morgan fingerprint density at radius 1 is 1.40 bits per heavy atom. The number of benzene rings is 1. The van der Waals surface area contributed by atoms with E-state index in [2.05, 4.69) is 20.9 Å². The van der Waals surface area contributed by atoms with E-state index >= 15 is 0 Å². The van der Waals surface area contributed by atoms with E-state index in [4.69, 9.17) is 9.47 Å². The molecular formula is C18H19BrN2O3S. The zero-order valence-corrected chi connectivity index (χ0v) is 16.5. The fourth-order valence-corrected chi connectivity index (χ4v) is 4.39. The molecular weight excluding hydrogens is 404 g/mol. The number of hydrogen-bond donors (Lipinski definition) is 0. The zero-order chi connectivity index (χ0) is 17.8. The summed E-state index contributed by atoms with van der Waals surface area (Å²) in [6.07, 6.45) is 1.57. The molecule has 1 aliphatic rings. The molecule has 1 unspecified atom stereocenters. The predicted molar refractivity (Wildman–Crippen MR) is 102 cm³/mol. The second-order valence-electron chi connectivity index (χ2n) is 5.43. The van der Waals surface area contributed by atoms with Crippen LogP contribution in [0.5, 0.6) is 11.6 Å². The van der Waals surface area contributed by atoms with Gasteiger partial charge < -0.3 is 14.4 Å². The Balaban J connectivity index is 1.86. The van der Waals surface area contributed by atoms with Gasteiger partial charge in [-0.2, -0.15) is 0 Å². The van der Waals surface area contributed by atoms with E-state index in [0.717, 1.165) is 21.5 Å². The van der Waals surface area contributed by atoms with Gasteiger partial charge in [-0.05, 0) is 31.2 Å². The Morgan fingerprint density at radius 3 is 2.92 bits per heavy atom. The van der Waals surface area contributed by atoms with Gasteiger partial charge in [0, 0.05) is 34.6 Å². The van der Waals surface area contributed by atoms with E-state index in [0.29, 0.717) is 24.6 Å². The number of carbonyl (C=O) groups is 1. The van der Waals surface area contributed by atoms with Gasteiger partial charge in [0.2, 0.25) is 5.88 Å². The molecule has 1 amide bonds. The number of hydrogen-bond acceptors (Lipinski definition) is 5. The molecule has 5 nitrogen and oxygen atoms in total. The number of thioether (sulfide) groups is 1. The largest absolute Gasteiger partial charge is 0.496 e. The van der Waals surface area contributed by atoms with Crippen molar-refractivity contribution < 1.29 is 14.3 Å². The molecule has 0 N–H and O–H groups in total. The fourth-order valence-electron chi connectivity index (χ4n) is 2.74. The smallest absolute Gasteiger partial charge is 0.256 e. The Kier molecular flexibility index (Phi) is 5.86. The van der Waals surface area contributed by atoms with Gasteiger partial charge >= 0.3 is 0 Å². The third kappa shape index (κ3) is 3.93. The molecule has 0 radical (unpaired) electrons. The minimum atomic E-state index is -0.0773. The van der Waals surface area contributed by atoms with E-state index in [1.54, 1.807) is 37.2 Å². The molecule has 1 aliphatic heterocycles. The Labute approximate surface area is 159 Å². The predicted octanol–water partition coefficient (Wildman–Crippen LogP) is 4.14. The van der Waals surface area contributed by atoms with Gasteiger partial charge in [-0.1, -0.05) is 15.9 Å². The summed E-state index contributed by atoms with van der Waals surface area (Å²) in [5.41, 5.74) is 1.55. The number of rotatable bonds is 5. The lowest BCUT2D eigenvalue weighted by atomic mass is 10.1. The normalized spacial score (nSPS) is 16.8. The number of pyridine rings is 1. The second kappa shape index (κ2) is 8.10. The fraction of sp³-hybridized carbons (Fsp3) is 0.333. The zero-order valence-electron chi connectivity index (χ0n) is 14.1. The average molecular weight is 423 g/mol. The minimum Gasteiger partial charge on any atom is -0.496 e. The van der Waals surface area contributed by atoms with E-state index in [-0.39, 0.29) is 11.3 Å². The third-order valence-electron chi connectivity index (χ3n) is 3.89. The van der Waals surface area contributed by atoms with Gasteiger partial charge in [0.15, 0.2) is 0 Å². The molecule has 132 valence electrons. The first kappa shape index (κ1) is 18.1. The van der Waals surface area contributed by atoms with Gasteiger partial charge in [-0.25, -0.2) is 4.98 Å². The van der Waals surface area contributed by atoms with Crippen LogP contribution in [-0.4, -0.2) is 41.8 Å². The summed E-state index contributed by atoms with van der Waals surface area (Å²) in [5, 5.41) is -0.0773. The molecule has 3 rings (SSSR count). The van der Waals surface area contributed by atoms with Crippen LogP contribution >= 0.6 is 27.7 Å². The molecule has 1 atom stereocenters. The number of aromatic nitrogens is 1. The monoisotopic (exact) mass is 422 g/mol. The summed E-state index contributed by atoms with van der Waals surface area (Å²) in [5.74, 6) is 2.16. The summed E-state index contributed by atoms with van der Waals surface area (Å²) in [6, 6.07) is 9.36. The summed E-state index contributed by atoms with van der Waals surface area (Å²) >= 11 is 5.24. The van der Waals surface area contributed by atoms with Gasteiger partial charge in [0.05, 0.1) is 19.3 Å². The lowest BCUT2D eigenvalue weighted by Gasteiger charge is -2.25. The van der Waals surface area contributed by atoms with Crippen molar-refractivity contribution in [2.45, 2.75) is 12.3 Å². The molecule has 7 heteroatoms. The van der Waals surface area contributed by atoms with Gasteiger partial charge in [0.1, 0.15) is 11.1 Å². The highest BCUT2D eigenvalue weighted by atomic mass is 79.9. The van der Waals surface area contributed by atoms with Crippen LogP contribution in [0, 0.1) is 0 Å². The molecule has 25 heavy (non-hydrogen) atoms. The quantitative estimate of drug-likeness (QED) is 0.724. The number of halogens is 1. The maximum atomic E-state index is 13.0. The highest BCUT2D eigenvalue weighted by Gasteiger charge is 2.33. The highest BCUT2D eigenvalue weighted by molar-refractivity contribution is 9.10. The molecule has 1 fully saturated rings. The molecule has 2 heterocycles. The van der Waals surface area contributed by atoms with Crippen molar-refractivity contribution in [3.05, 3.63) is 52.1 Å². The molecule has 0 aliphatic carbocycles. The highest BCUT2D eigenvalue weighted by Crippen LogP contribution is 2.43. The molecule has 2 aromatic rings. The van der Waals surface area contributed by atoms with Crippen molar-refractivity contribution in [1.82, 2.24) is 9.88 Å². The Morgan fingerprint density at radius 2 is 2.24 bits per heavy atom. The number of ether oxygens (including phenoxy) is 2. The van der Waals surface area contributed by atoms with Crippen LogP contribution in [0.4, 0.5) is 0 Å². The summed E-state index contributed by atoms with van der Waals surface area (Å²) in [6.45, 7) is 3.14. The lowest BCUT2D eigenvalue weighted by Crippen LogP contribution is -2.30. The number of amides is 1. The molecule has 0 saturated carbocycles. The van der Waals surface area contributed by atoms with E-state index in [1.807, 2.05) is 30.0 Å². The second-order valence-corrected chi connectivity index (χ2v) is 7.53. The SMILES string of the molecule is CCOc1ccc(C(=O)N2CCSC2c2cc(Br)ccc2OC)cn1. The van der Waals surface area contributed by atoms with Crippen LogP contribution in [-0.2, 0) is 0 Å². The van der Waals surface area contributed by atoms with Gasteiger partial charge in [-0.15, -0.1) is 11.8 Å². The molecule has 0 spiro atoms. The van der Waals surface area contributed by atoms with Crippen LogP contribution in [0.15, 0.2) is 41.0 Å². The topological polar surface area (TPSA) is 51.7 Å². The van der Waals surface area contributed by atoms with Crippen LogP contribution in [0.1, 0.15) is 28.2 Å². The Hall–Kier alpha value is -1.73. The van der Waals surface area contributed by atoms with Crippen LogP contribution in [0.2, 0.25) is 0 Å². The first-order valence-electron chi connectivity index (χ1n) is 7.99. The number of carbonyl (C=O) groups excluding carboxylic acids is 1. The molecule has 0 bridgehead atoms. The standard InChI is InChI=1S/C18H19BrN2O3S/c1-3-24-16-7-4-12(11-20-16)17(22)21-8-9-25-18(21)14-10-13(19)5-6-15(14)23-2/h4-7,10-11,18H,3,8-9H2,1-2H3. The first-order valence-corrected chi connectivity index (χ1v) is 9.83. The van der Waals surface area contributed by atoms with Gasteiger partial charge in [0.25, 0.3) is 5.91 Å². The van der Waals surface area contributed by atoms with E-state index in [1.165, 1.54) is 0 Å². The van der Waals surface area contributed by atoms with Crippen molar-refractivity contribution >= 4 is 33.6 Å². The van der Waals surface area contributed by atoms with Crippen LogP contribution in [0.25, 0.3) is 0 Å². The van der Waals surface area contributed by atoms with Gasteiger partial charge in [-0.3, -0.25) is 4.79 Å². The van der Waals surface area contributed by atoms with E-state index < -0.39 is 0 Å². The maximum absolute atomic E-state index is 13.0. The number of nitrogens with zero attached hydrogens (tertiary/aromatic N) is 2. The summed E-state index contributed by atoms with van der Waals surface area (Å²) in [7, 11) is 1.65. The van der Waals surface area contributed by atoms with Crippen molar-refractivity contribution in [1.29, 1.82) is 0 Å². The minimum absolute atomic E-state index is 0.0347. The third-order valence-corrected chi connectivity index (χ3v) is 5.62.